The van der Waals surface area contributed by atoms with Crippen molar-refractivity contribution in [2.75, 3.05) is 47.1 Å². The first-order chi connectivity index (χ1) is 8.99. The number of ether oxygens (including phenoxy) is 2. The van der Waals surface area contributed by atoms with Crippen LogP contribution < -0.4 is 20.5 Å². The van der Waals surface area contributed by atoms with Crippen molar-refractivity contribution in [1.82, 2.24) is 10.2 Å². The third-order valence-corrected chi connectivity index (χ3v) is 2.64. The number of anilines is 1. The van der Waals surface area contributed by atoms with E-state index in [4.69, 9.17) is 15.2 Å². The fraction of sp³-hybridized carbons (Fsp3) is 0.462. The zero-order chi connectivity index (χ0) is 14.4. The average Bonchev–Trinajstić information content (AvgIpc) is 2.37. The number of rotatable bonds is 6. The average molecular weight is 267 g/mol. The number of hydrogen-bond acceptors (Lipinski definition) is 5. The maximum absolute atomic E-state index is 12.0. The van der Waals surface area contributed by atoms with E-state index in [9.17, 15) is 4.79 Å². The molecule has 0 unspecified atom stereocenters. The predicted molar refractivity (Wildman–Crippen MR) is 74.8 cm³/mol. The molecule has 0 radical (unpaired) electrons. The number of amides is 1. The highest BCUT2D eigenvalue weighted by Gasteiger charge is 2.14. The zero-order valence-corrected chi connectivity index (χ0v) is 11.8. The molecule has 19 heavy (non-hydrogen) atoms. The summed E-state index contributed by atoms with van der Waals surface area (Å²) in [6.45, 7) is 1.32. The molecule has 0 saturated carbocycles. The van der Waals surface area contributed by atoms with Crippen LogP contribution in [-0.2, 0) is 0 Å². The van der Waals surface area contributed by atoms with E-state index in [0.29, 0.717) is 29.3 Å². The summed E-state index contributed by atoms with van der Waals surface area (Å²) in [4.78, 5) is 14.0. The third kappa shape index (κ3) is 4.03. The number of nitrogens with zero attached hydrogens (tertiary/aromatic N) is 1. The van der Waals surface area contributed by atoms with Gasteiger partial charge in [-0.2, -0.15) is 0 Å². The monoisotopic (exact) mass is 267 g/mol. The topological polar surface area (TPSA) is 76.8 Å². The van der Waals surface area contributed by atoms with Crippen LogP contribution in [0, 0.1) is 0 Å². The highest BCUT2D eigenvalue weighted by Crippen LogP contribution is 2.31. The van der Waals surface area contributed by atoms with Crippen LogP contribution in [0.4, 0.5) is 5.69 Å². The molecule has 3 N–H and O–H groups in total. The number of nitrogens with two attached hydrogens (primary N) is 1. The first kappa shape index (κ1) is 15.1. The lowest BCUT2D eigenvalue weighted by atomic mass is 10.1. The van der Waals surface area contributed by atoms with Gasteiger partial charge in [-0.05, 0) is 20.2 Å². The fourth-order valence-electron chi connectivity index (χ4n) is 1.58. The molecular formula is C13H21N3O3. The summed E-state index contributed by atoms with van der Waals surface area (Å²) < 4.78 is 10.3. The molecule has 0 atom stereocenters. The van der Waals surface area contributed by atoms with Gasteiger partial charge in [0.05, 0.1) is 19.8 Å². The Labute approximate surface area is 113 Å². The molecule has 0 aliphatic heterocycles. The maximum Gasteiger partial charge on any atom is 0.253 e. The number of carbonyl (C=O) groups excluding carboxylic acids is 1. The SMILES string of the molecule is COc1cc(N)c(C(=O)NCCN(C)C)cc1OC. The molecule has 6 heteroatoms. The van der Waals surface area contributed by atoms with E-state index in [1.54, 1.807) is 12.1 Å². The number of nitrogens with one attached hydrogen (secondary N) is 1. The Kier molecular flexibility index (Phi) is 5.44. The summed E-state index contributed by atoms with van der Waals surface area (Å²) in [6.07, 6.45) is 0. The molecule has 0 saturated heterocycles. The van der Waals surface area contributed by atoms with Gasteiger partial charge < -0.3 is 25.4 Å². The Morgan fingerprint density at radius 2 is 1.84 bits per heavy atom. The highest BCUT2D eigenvalue weighted by molar-refractivity contribution is 6.00. The molecule has 106 valence electrons. The predicted octanol–water partition coefficient (Wildman–Crippen LogP) is 0.577. The minimum Gasteiger partial charge on any atom is -0.493 e. The smallest absolute Gasteiger partial charge is 0.253 e. The lowest BCUT2D eigenvalue weighted by Crippen LogP contribution is -2.31. The number of carbonyl (C=O) groups is 1. The fourth-order valence-corrected chi connectivity index (χ4v) is 1.58. The Hall–Kier alpha value is -1.95. The minimum absolute atomic E-state index is 0.222. The molecular weight excluding hydrogens is 246 g/mol. The molecule has 0 aliphatic rings. The molecule has 1 aromatic carbocycles. The third-order valence-electron chi connectivity index (χ3n) is 2.64. The van der Waals surface area contributed by atoms with E-state index < -0.39 is 0 Å². The van der Waals surface area contributed by atoms with Crippen molar-refractivity contribution in [3.05, 3.63) is 17.7 Å². The number of likely N-dealkylation sites (N-methyl/N-ethyl adjacent to an activating group) is 1. The van der Waals surface area contributed by atoms with Gasteiger partial charge in [0.25, 0.3) is 5.91 Å². The molecule has 0 aliphatic carbocycles. The maximum atomic E-state index is 12.0. The van der Waals surface area contributed by atoms with Gasteiger partial charge in [0.15, 0.2) is 11.5 Å². The second-order valence-electron chi connectivity index (χ2n) is 4.35. The molecule has 6 nitrogen and oxygen atoms in total. The quantitative estimate of drug-likeness (QED) is 0.737. The van der Waals surface area contributed by atoms with Crippen molar-refractivity contribution in [2.45, 2.75) is 0 Å². The summed E-state index contributed by atoms with van der Waals surface area (Å²) in [5.41, 5.74) is 6.59. The van der Waals surface area contributed by atoms with E-state index in [-0.39, 0.29) is 5.91 Å². The summed E-state index contributed by atoms with van der Waals surface area (Å²) in [7, 11) is 6.92. The second-order valence-corrected chi connectivity index (χ2v) is 4.35. The molecule has 0 fully saturated rings. The number of nitrogen functional groups attached to an aromatic ring is 1. The van der Waals surface area contributed by atoms with E-state index in [2.05, 4.69) is 5.32 Å². The van der Waals surface area contributed by atoms with Crippen LogP contribution in [0.1, 0.15) is 10.4 Å². The van der Waals surface area contributed by atoms with Crippen LogP contribution in [0.15, 0.2) is 12.1 Å². The minimum atomic E-state index is -0.222. The molecule has 0 heterocycles. The molecule has 1 rings (SSSR count). The van der Waals surface area contributed by atoms with Crippen LogP contribution >= 0.6 is 0 Å². The first-order valence-corrected chi connectivity index (χ1v) is 5.94. The van der Waals surface area contributed by atoms with Crippen LogP contribution in [-0.4, -0.2) is 52.2 Å². The van der Waals surface area contributed by atoms with Crippen LogP contribution in [0.3, 0.4) is 0 Å². The van der Waals surface area contributed by atoms with Crippen molar-refractivity contribution in [1.29, 1.82) is 0 Å². The standard InChI is InChI=1S/C13H21N3O3/c1-16(2)6-5-15-13(17)9-7-11(18-3)12(19-4)8-10(9)14/h7-8H,5-6,14H2,1-4H3,(H,15,17). The lowest BCUT2D eigenvalue weighted by Gasteiger charge is -2.14. The normalized spacial score (nSPS) is 10.4. The Balaban J connectivity index is 2.85. The highest BCUT2D eigenvalue weighted by atomic mass is 16.5. The van der Waals surface area contributed by atoms with Gasteiger partial charge in [-0.3, -0.25) is 4.79 Å². The van der Waals surface area contributed by atoms with Crippen molar-refractivity contribution in [3.63, 3.8) is 0 Å². The van der Waals surface area contributed by atoms with Crippen LogP contribution in [0.25, 0.3) is 0 Å². The Bertz CT molecular complexity index is 447. The van der Waals surface area contributed by atoms with Gasteiger partial charge in [0.2, 0.25) is 0 Å². The van der Waals surface area contributed by atoms with Gasteiger partial charge in [0.1, 0.15) is 0 Å². The van der Waals surface area contributed by atoms with E-state index in [1.165, 1.54) is 14.2 Å². The molecule has 0 bridgehead atoms. The van der Waals surface area contributed by atoms with E-state index in [0.717, 1.165) is 6.54 Å². The summed E-state index contributed by atoms with van der Waals surface area (Å²) in [5, 5.41) is 2.80. The zero-order valence-electron chi connectivity index (χ0n) is 11.8. The summed E-state index contributed by atoms with van der Waals surface area (Å²) >= 11 is 0. The Morgan fingerprint density at radius 1 is 1.26 bits per heavy atom. The summed E-state index contributed by atoms with van der Waals surface area (Å²) in [6, 6.07) is 3.17. The molecule has 1 aromatic rings. The first-order valence-electron chi connectivity index (χ1n) is 5.94. The number of benzene rings is 1. The lowest BCUT2D eigenvalue weighted by molar-refractivity contribution is 0.0951. The summed E-state index contributed by atoms with van der Waals surface area (Å²) in [5.74, 6) is 0.764. The largest absolute Gasteiger partial charge is 0.493 e. The van der Waals surface area contributed by atoms with Gasteiger partial charge in [-0.15, -0.1) is 0 Å². The van der Waals surface area contributed by atoms with Gasteiger partial charge in [0, 0.05) is 24.8 Å². The second kappa shape index (κ2) is 6.84. The molecule has 0 aromatic heterocycles. The van der Waals surface area contributed by atoms with E-state index in [1.807, 2.05) is 19.0 Å². The van der Waals surface area contributed by atoms with Gasteiger partial charge in [-0.1, -0.05) is 0 Å². The number of methoxy groups -OCH3 is 2. The number of hydrogen-bond donors (Lipinski definition) is 2. The van der Waals surface area contributed by atoms with Crippen molar-refractivity contribution >= 4 is 11.6 Å². The van der Waals surface area contributed by atoms with Gasteiger partial charge in [-0.25, -0.2) is 0 Å². The van der Waals surface area contributed by atoms with Crippen molar-refractivity contribution < 1.29 is 14.3 Å². The Morgan fingerprint density at radius 3 is 2.37 bits per heavy atom. The van der Waals surface area contributed by atoms with Crippen molar-refractivity contribution in [2.24, 2.45) is 0 Å². The molecule has 0 spiro atoms. The molecule has 1 amide bonds. The van der Waals surface area contributed by atoms with Crippen molar-refractivity contribution in [3.8, 4) is 11.5 Å². The van der Waals surface area contributed by atoms with Gasteiger partial charge >= 0.3 is 0 Å². The van der Waals surface area contributed by atoms with Crippen LogP contribution in [0.5, 0.6) is 11.5 Å². The van der Waals surface area contributed by atoms with E-state index >= 15 is 0 Å². The van der Waals surface area contributed by atoms with Crippen LogP contribution in [0.2, 0.25) is 0 Å².